The minimum Gasteiger partial charge on any atom is -0.462 e. The Kier molecular flexibility index (Phi) is 6.61. The van der Waals surface area contributed by atoms with Crippen LogP contribution in [0.15, 0.2) is 24.3 Å². The number of anilines is 1. The largest absolute Gasteiger partial charge is 0.462 e. The lowest BCUT2D eigenvalue weighted by molar-refractivity contribution is -0.116. The Morgan fingerprint density at radius 3 is 2.38 bits per heavy atom. The second-order valence-corrected chi connectivity index (χ2v) is 6.77. The molecule has 0 unspecified atom stereocenters. The third-order valence-corrected chi connectivity index (χ3v) is 4.48. The molecule has 0 radical (unpaired) electrons. The average Bonchev–Trinajstić information content (AvgIpc) is 2.87. The van der Waals surface area contributed by atoms with Gasteiger partial charge in [-0.15, -0.1) is 0 Å². The summed E-state index contributed by atoms with van der Waals surface area (Å²) in [5.41, 5.74) is 5.15. The summed E-state index contributed by atoms with van der Waals surface area (Å²) >= 11 is 0. The first-order valence-electron chi connectivity index (χ1n) is 9.08. The SMILES string of the molecule is CCOC(=O)c1c(C)[nH]c(CCC(=O)Nc2ccc(C(C)C)cc2)c1C. The minimum absolute atomic E-state index is 0.0494. The Labute approximate surface area is 155 Å². The molecule has 1 aromatic heterocycles. The van der Waals surface area contributed by atoms with Crippen LogP contribution in [0.2, 0.25) is 0 Å². The molecule has 2 N–H and O–H groups in total. The highest BCUT2D eigenvalue weighted by Crippen LogP contribution is 2.21. The van der Waals surface area contributed by atoms with Crippen molar-refractivity contribution in [3.63, 3.8) is 0 Å². The van der Waals surface area contributed by atoms with Gasteiger partial charge >= 0.3 is 5.97 Å². The molecule has 2 rings (SSSR count). The fourth-order valence-electron chi connectivity index (χ4n) is 2.99. The molecule has 0 aliphatic rings. The summed E-state index contributed by atoms with van der Waals surface area (Å²) in [6.07, 6.45) is 0.886. The molecular formula is C21H28N2O3. The van der Waals surface area contributed by atoms with Crippen LogP contribution >= 0.6 is 0 Å². The first kappa shape index (κ1) is 19.8. The third-order valence-electron chi connectivity index (χ3n) is 4.48. The average molecular weight is 356 g/mol. The summed E-state index contributed by atoms with van der Waals surface area (Å²) in [7, 11) is 0. The van der Waals surface area contributed by atoms with Gasteiger partial charge in [-0.2, -0.15) is 0 Å². The zero-order chi connectivity index (χ0) is 19.3. The topological polar surface area (TPSA) is 71.2 Å². The van der Waals surface area contributed by atoms with Crippen molar-refractivity contribution in [2.75, 3.05) is 11.9 Å². The van der Waals surface area contributed by atoms with Gasteiger partial charge in [-0.1, -0.05) is 26.0 Å². The van der Waals surface area contributed by atoms with Gasteiger partial charge in [-0.25, -0.2) is 4.79 Å². The Balaban J connectivity index is 1.97. The molecule has 0 saturated carbocycles. The van der Waals surface area contributed by atoms with Crippen molar-refractivity contribution in [1.29, 1.82) is 0 Å². The van der Waals surface area contributed by atoms with E-state index in [1.54, 1.807) is 6.92 Å². The van der Waals surface area contributed by atoms with Gasteiger partial charge in [0.2, 0.25) is 5.91 Å². The minimum atomic E-state index is -0.320. The molecular weight excluding hydrogens is 328 g/mol. The Hall–Kier alpha value is -2.56. The van der Waals surface area contributed by atoms with Crippen LogP contribution in [0.4, 0.5) is 5.69 Å². The zero-order valence-electron chi connectivity index (χ0n) is 16.2. The summed E-state index contributed by atoms with van der Waals surface area (Å²) in [5.74, 6) is 0.0961. The van der Waals surface area contributed by atoms with Crippen LogP contribution in [0.1, 0.15) is 66.0 Å². The molecule has 0 fully saturated rings. The van der Waals surface area contributed by atoms with Crippen molar-refractivity contribution in [2.24, 2.45) is 0 Å². The molecule has 1 amide bonds. The number of rotatable bonds is 7. The molecule has 5 heteroatoms. The molecule has 0 aliphatic heterocycles. The van der Waals surface area contributed by atoms with Gasteiger partial charge in [0.1, 0.15) is 0 Å². The van der Waals surface area contributed by atoms with Gasteiger partial charge in [0.05, 0.1) is 12.2 Å². The van der Waals surface area contributed by atoms with E-state index in [4.69, 9.17) is 4.74 Å². The lowest BCUT2D eigenvalue weighted by Gasteiger charge is -2.08. The van der Waals surface area contributed by atoms with Crippen molar-refractivity contribution in [3.8, 4) is 0 Å². The lowest BCUT2D eigenvalue weighted by Crippen LogP contribution is -2.12. The number of carbonyl (C=O) groups excluding carboxylic acids is 2. The molecule has 0 atom stereocenters. The molecule has 0 saturated heterocycles. The van der Waals surface area contributed by atoms with Crippen molar-refractivity contribution in [1.82, 2.24) is 4.98 Å². The van der Waals surface area contributed by atoms with Crippen LogP contribution in [0.25, 0.3) is 0 Å². The van der Waals surface area contributed by atoms with E-state index in [1.165, 1.54) is 5.56 Å². The number of esters is 1. The summed E-state index contributed by atoms with van der Waals surface area (Å²) in [6, 6.07) is 7.92. The molecule has 26 heavy (non-hydrogen) atoms. The van der Waals surface area contributed by atoms with Gasteiger partial charge in [0.25, 0.3) is 0 Å². The van der Waals surface area contributed by atoms with E-state index in [2.05, 4.69) is 24.1 Å². The molecule has 1 heterocycles. The van der Waals surface area contributed by atoms with Gasteiger partial charge in [0, 0.05) is 23.5 Å². The smallest absolute Gasteiger partial charge is 0.340 e. The van der Waals surface area contributed by atoms with E-state index in [0.29, 0.717) is 30.9 Å². The number of benzene rings is 1. The fraction of sp³-hybridized carbons (Fsp3) is 0.429. The number of aryl methyl sites for hydroxylation is 2. The van der Waals surface area contributed by atoms with Crippen molar-refractivity contribution in [3.05, 3.63) is 52.3 Å². The predicted molar refractivity (Wildman–Crippen MR) is 104 cm³/mol. The van der Waals surface area contributed by atoms with Crippen molar-refractivity contribution in [2.45, 2.75) is 53.4 Å². The number of hydrogen-bond acceptors (Lipinski definition) is 3. The first-order valence-corrected chi connectivity index (χ1v) is 9.08. The number of aromatic nitrogens is 1. The Morgan fingerprint density at radius 1 is 1.15 bits per heavy atom. The number of carbonyl (C=O) groups is 2. The van der Waals surface area contributed by atoms with Crippen LogP contribution in [-0.4, -0.2) is 23.5 Å². The highest BCUT2D eigenvalue weighted by molar-refractivity contribution is 5.93. The van der Waals surface area contributed by atoms with Gasteiger partial charge < -0.3 is 15.0 Å². The Bertz CT molecular complexity index is 773. The number of amides is 1. The first-order chi connectivity index (χ1) is 12.3. The quantitative estimate of drug-likeness (QED) is 0.717. The normalized spacial score (nSPS) is 10.8. The number of ether oxygens (including phenoxy) is 1. The summed E-state index contributed by atoms with van der Waals surface area (Å²) in [6.45, 7) is 10.1. The molecule has 0 aliphatic carbocycles. The molecule has 1 aromatic carbocycles. The van der Waals surface area contributed by atoms with Gasteiger partial charge in [0.15, 0.2) is 0 Å². The summed E-state index contributed by atoms with van der Waals surface area (Å²) < 4.78 is 5.10. The molecule has 140 valence electrons. The summed E-state index contributed by atoms with van der Waals surface area (Å²) in [5, 5.41) is 2.92. The van der Waals surface area contributed by atoms with Crippen molar-refractivity contribution >= 4 is 17.6 Å². The number of aromatic amines is 1. The van der Waals surface area contributed by atoms with E-state index in [1.807, 2.05) is 38.1 Å². The monoisotopic (exact) mass is 356 g/mol. The number of H-pyrrole nitrogens is 1. The lowest BCUT2D eigenvalue weighted by atomic mass is 10.0. The summed E-state index contributed by atoms with van der Waals surface area (Å²) in [4.78, 5) is 27.5. The van der Waals surface area contributed by atoms with E-state index < -0.39 is 0 Å². The second-order valence-electron chi connectivity index (χ2n) is 6.77. The molecule has 5 nitrogen and oxygen atoms in total. The molecule has 2 aromatic rings. The van der Waals surface area contributed by atoms with E-state index in [9.17, 15) is 9.59 Å². The van der Waals surface area contributed by atoms with E-state index in [-0.39, 0.29) is 11.9 Å². The maximum absolute atomic E-state index is 12.2. The zero-order valence-corrected chi connectivity index (χ0v) is 16.2. The standard InChI is InChI=1S/C21H28N2O3/c1-6-26-21(25)20-14(4)18(22-15(20)5)11-12-19(24)23-17-9-7-16(8-10-17)13(2)3/h7-10,13,22H,6,11-12H2,1-5H3,(H,23,24). The molecule has 0 bridgehead atoms. The van der Waals surface area contributed by atoms with Gasteiger partial charge in [-0.3, -0.25) is 4.79 Å². The predicted octanol–water partition coefficient (Wildman–Crippen LogP) is 4.50. The van der Waals surface area contributed by atoms with Crippen LogP contribution in [0.5, 0.6) is 0 Å². The number of nitrogens with one attached hydrogen (secondary N) is 2. The van der Waals surface area contributed by atoms with Crippen LogP contribution < -0.4 is 5.32 Å². The number of hydrogen-bond donors (Lipinski definition) is 2. The van der Waals surface area contributed by atoms with Crippen LogP contribution in [-0.2, 0) is 16.0 Å². The maximum atomic E-state index is 12.2. The van der Waals surface area contributed by atoms with E-state index >= 15 is 0 Å². The fourth-order valence-corrected chi connectivity index (χ4v) is 2.99. The van der Waals surface area contributed by atoms with Gasteiger partial charge in [-0.05, 0) is 56.4 Å². The maximum Gasteiger partial charge on any atom is 0.340 e. The highest BCUT2D eigenvalue weighted by Gasteiger charge is 2.19. The molecule has 0 spiro atoms. The third kappa shape index (κ3) is 4.75. The van der Waals surface area contributed by atoms with Crippen LogP contribution in [0, 0.1) is 13.8 Å². The van der Waals surface area contributed by atoms with Crippen LogP contribution in [0.3, 0.4) is 0 Å². The van der Waals surface area contributed by atoms with E-state index in [0.717, 1.165) is 22.6 Å². The highest BCUT2D eigenvalue weighted by atomic mass is 16.5. The second kappa shape index (κ2) is 8.70. The Morgan fingerprint density at radius 2 is 1.81 bits per heavy atom. The van der Waals surface area contributed by atoms with Crippen molar-refractivity contribution < 1.29 is 14.3 Å².